The van der Waals surface area contributed by atoms with Crippen molar-refractivity contribution in [2.24, 2.45) is 5.73 Å². The van der Waals surface area contributed by atoms with E-state index in [1.165, 1.54) is 24.8 Å². The molecule has 0 heterocycles. The molecular formula is C13H19NO. The second-order valence-electron chi connectivity index (χ2n) is 4.40. The van der Waals surface area contributed by atoms with E-state index in [0.29, 0.717) is 12.0 Å². The van der Waals surface area contributed by atoms with Gasteiger partial charge in [0, 0.05) is 6.04 Å². The zero-order valence-corrected chi connectivity index (χ0v) is 9.28. The molecule has 2 heteroatoms. The van der Waals surface area contributed by atoms with Gasteiger partial charge in [0.25, 0.3) is 0 Å². The van der Waals surface area contributed by atoms with E-state index in [1.807, 2.05) is 6.07 Å². The molecule has 2 rings (SSSR count). The maximum absolute atomic E-state index is 6.00. The Morgan fingerprint density at radius 1 is 1.33 bits per heavy atom. The van der Waals surface area contributed by atoms with Gasteiger partial charge in [-0.2, -0.15) is 0 Å². The Morgan fingerprint density at radius 2 is 2.20 bits per heavy atom. The third kappa shape index (κ3) is 2.51. The molecule has 0 bridgehead atoms. The lowest BCUT2D eigenvalue weighted by atomic mass is 9.82. The Kier molecular flexibility index (Phi) is 3.27. The van der Waals surface area contributed by atoms with Crippen LogP contribution in [-0.4, -0.2) is 13.2 Å². The van der Waals surface area contributed by atoms with Crippen molar-refractivity contribution in [1.82, 2.24) is 0 Å². The van der Waals surface area contributed by atoms with Gasteiger partial charge in [-0.05, 0) is 42.9 Å². The highest BCUT2D eigenvalue weighted by atomic mass is 16.5. The lowest BCUT2D eigenvalue weighted by Gasteiger charge is -2.27. The van der Waals surface area contributed by atoms with E-state index in [9.17, 15) is 0 Å². The number of hydrogen-bond acceptors (Lipinski definition) is 2. The van der Waals surface area contributed by atoms with Gasteiger partial charge in [0.05, 0.1) is 7.11 Å². The second kappa shape index (κ2) is 4.67. The van der Waals surface area contributed by atoms with Gasteiger partial charge in [0.15, 0.2) is 0 Å². The van der Waals surface area contributed by atoms with E-state index in [4.69, 9.17) is 10.5 Å². The highest BCUT2D eigenvalue weighted by Crippen LogP contribution is 2.33. The van der Waals surface area contributed by atoms with Gasteiger partial charge in [-0.25, -0.2) is 0 Å². The third-order valence-electron chi connectivity index (χ3n) is 3.28. The summed E-state index contributed by atoms with van der Waals surface area (Å²) in [4.78, 5) is 0. The highest BCUT2D eigenvalue weighted by molar-refractivity contribution is 5.31. The van der Waals surface area contributed by atoms with Crippen LogP contribution in [0.15, 0.2) is 24.3 Å². The summed E-state index contributed by atoms with van der Waals surface area (Å²) in [6.45, 7) is 0. The van der Waals surface area contributed by atoms with Crippen molar-refractivity contribution in [3.8, 4) is 5.75 Å². The topological polar surface area (TPSA) is 35.2 Å². The van der Waals surface area contributed by atoms with Gasteiger partial charge in [-0.15, -0.1) is 0 Å². The Labute approximate surface area is 91.4 Å². The van der Waals surface area contributed by atoms with Crippen molar-refractivity contribution >= 4 is 0 Å². The van der Waals surface area contributed by atoms with Gasteiger partial charge >= 0.3 is 0 Å². The maximum atomic E-state index is 6.00. The molecule has 0 radical (unpaired) electrons. The standard InChI is InChI=1S/C13H19NO/c1-15-13-7-3-5-11(9-13)10-4-2-6-12(14)8-10/h3,5,7,9-10,12H,2,4,6,8,14H2,1H3/t10-,12+/m1/s1. The first-order valence-electron chi connectivity index (χ1n) is 5.69. The molecule has 1 fully saturated rings. The molecule has 2 nitrogen and oxygen atoms in total. The van der Waals surface area contributed by atoms with Crippen molar-refractivity contribution in [2.75, 3.05) is 7.11 Å². The zero-order valence-electron chi connectivity index (χ0n) is 9.28. The van der Waals surface area contributed by atoms with Crippen LogP contribution >= 0.6 is 0 Å². The summed E-state index contributed by atoms with van der Waals surface area (Å²) >= 11 is 0. The van der Waals surface area contributed by atoms with Gasteiger partial charge in [0.2, 0.25) is 0 Å². The number of methoxy groups -OCH3 is 1. The van der Waals surface area contributed by atoms with Crippen LogP contribution in [-0.2, 0) is 0 Å². The molecule has 0 aromatic heterocycles. The van der Waals surface area contributed by atoms with Crippen LogP contribution in [0.3, 0.4) is 0 Å². The Hall–Kier alpha value is -1.02. The predicted molar refractivity (Wildman–Crippen MR) is 62.2 cm³/mol. The predicted octanol–water partition coefficient (Wildman–Crippen LogP) is 2.68. The first-order valence-corrected chi connectivity index (χ1v) is 5.69. The largest absolute Gasteiger partial charge is 0.497 e. The molecule has 0 saturated heterocycles. The van der Waals surface area contributed by atoms with E-state index in [-0.39, 0.29) is 0 Å². The van der Waals surface area contributed by atoms with Crippen molar-refractivity contribution in [3.63, 3.8) is 0 Å². The van der Waals surface area contributed by atoms with E-state index in [1.54, 1.807) is 7.11 Å². The molecule has 2 atom stereocenters. The molecule has 2 N–H and O–H groups in total. The quantitative estimate of drug-likeness (QED) is 0.805. The molecule has 0 spiro atoms. The monoisotopic (exact) mass is 205 g/mol. The van der Waals surface area contributed by atoms with E-state index in [2.05, 4.69) is 18.2 Å². The van der Waals surface area contributed by atoms with Crippen LogP contribution in [0.1, 0.15) is 37.2 Å². The molecule has 1 aromatic carbocycles. The molecule has 82 valence electrons. The van der Waals surface area contributed by atoms with Crippen molar-refractivity contribution in [2.45, 2.75) is 37.6 Å². The average molecular weight is 205 g/mol. The smallest absolute Gasteiger partial charge is 0.119 e. The van der Waals surface area contributed by atoms with Gasteiger partial charge in [0.1, 0.15) is 5.75 Å². The number of rotatable bonds is 2. The van der Waals surface area contributed by atoms with Crippen LogP contribution in [0, 0.1) is 0 Å². The van der Waals surface area contributed by atoms with Crippen molar-refractivity contribution in [3.05, 3.63) is 29.8 Å². The minimum atomic E-state index is 0.384. The summed E-state index contributed by atoms with van der Waals surface area (Å²) in [5.41, 5.74) is 7.38. The summed E-state index contributed by atoms with van der Waals surface area (Å²) in [5.74, 6) is 1.58. The Balaban J connectivity index is 2.13. The highest BCUT2D eigenvalue weighted by Gasteiger charge is 2.20. The van der Waals surface area contributed by atoms with Crippen molar-refractivity contribution in [1.29, 1.82) is 0 Å². The molecule has 1 aromatic rings. The first-order chi connectivity index (χ1) is 7.29. The number of nitrogens with two attached hydrogens (primary N) is 1. The normalized spacial score (nSPS) is 26.3. The van der Waals surface area contributed by atoms with Gasteiger partial charge < -0.3 is 10.5 Å². The Bertz CT molecular complexity index is 324. The number of hydrogen-bond donors (Lipinski definition) is 1. The molecule has 1 aliphatic rings. The van der Waals surface area contributed by atoms with Crippen LogP contribution in [0.5, 0.6) is 5.75 Å². The van der Waals surface area contributed by atoms with Crippen molar-refractivity contribution < 1.29 is 4.74 Å². The Morgan fingerprint density at radius 3 is 2.93 bits per heavy atom. The molecule has 0 unspecified atom stereocenters. The number of benzene rings is 1. The zero-order chi connectivity index (χ0) is 10.7. The first kappa shape index (κ1) is 10.5. The summed E-state index contributed by atoms with van der Waals surface area (Å²) in [5, 5.41) is 0. The molecule has 1 aliphatic carbocycles. The summed E-state index contributed by atoms with van der Waals surface area (Å²) in [6.07, 6.45) is 4.82. The molecule has 0 amide bonds. The molecule has 15 heavy (non-hydrogen) atoms. The minimum absolute atomic E-state index is 0.384. The van der Waals surface area contributed by atoms with Crippen LogP contribution in [0.25, 0.3) is 0 Å². The summed E-state index contributed by atoms with van der Waals surface area (Å²) in [6, 6.07) is 8.77. The lowest BCUT2D eigenvalue weighted by molar-refractivity contribution is 0.388. The second-order valence-corrected chi connectivity index (χ2v) is 4.40. The molecular weight excluding hydrogens is 186 g/mol. The van der Waals surface area contributed by atoms with Gasteiger partial charge in [-0.3, -0.25) is 0 Å². The van der Waals surface area contributed by atoms with Gasteiger partial charge in [-0.1, -0.05) is 18.6 Å². The summed E-state index contributed by atoms with van der Waals surface area (Å²) < 4.78 is 5.24. The SMILES string of the molecule is COc1cccc([C@@H]2CCC[C@H](N)C2)c1. The average Bonchev–Trinajstić information content (AvgIpc) is 2.29. The minimum Gasteiger partial charge on any atom is -0.497 e. The van der Waals surface area contributed by atoms with E-state index >= 15 is 0 Å². The number of ether oxygens (including phenoxy) is 1. The maximum Gasteiger partial charge on any atom is 0.119 e. The third-order valence-corrected chi connectivity index (χ3v) is 3.28. The molecule has 0 aliphatic heterocycles. The fourth-order valence-electron chi connectivity index (χ4n) is 2.43. The molecule has 1 saturated carbocycles. The van der Waals surface area contributed by atoms with Crippen LogP contribution < -0.4 is 10.5 Å². The lowest BCUT2D eigenvalue weighted by Crippen LogP contribution is -2.26. The summed E-state index contributed by atoms with van der Waals surface area (Å²) in [7, 11) is 1.71. The van der Waals surface area contributed by atoms with E-state index in [0.717, 1.165) is 12.2 Å². The van der Waals surface area contributed by atoms with E-state index < -0.39 is 0 Å². The van der Waals surface area contributed by atoms with Crippen LogP contribution in [0.2, 0.25) is 0 Å². The van der Waals surface area contributed by atoms with Crippen LogP contribution in [0.4, 0.5) is 0 Å². The fourth-order valence-corrected chi connectivity index (χ4v) is 2.43. The fraction of sp³-hybridized carbons (Fsp3) is 0.538.